The Hall–Kier alpha value is 0.500. The molecule has 0 atom stereocenters. The molecule has 0 aliphatic rings. The molecule has 7 heavy (non-hydrogen) atoms. The molecule has 0 rings (SSSR count). The topological polar surface area (TPSA) is 40.1 Å². The summed E-state index contributed by atoms with van der Waals surface area (Å²) in [7, 11) is 0. The first kappa shape index (κ1) is 5.63. The molecule has 0 amide bonds. The van der Waals surface area contributed by atoms with E-state index >= 15 is 0 Å². The van der Waals surface area contributed by atoms with E-state index in [1.165, 1.54) is 0 Å². The van der Waals surface area contributed by atoms with Crippen molar-refractivity contribution in [1.29, 1.82) is 0 Å². The number of hydrogen-bond donors (Lipinski definition) is 0. The van der Waals surface area contributed by atoms with E-state index in [9.17, 15) is 9.90 Å². The minimum Gasteiger partial charge on any atom is -0.544 e. The number of carboxylic acids is 1. The number of rotatable bonds is 1. The van der Waals surface area contributed by atoms with Crippen molar-refractivity contribution in [2.45, 2.75) is 0 Å². The van der Waals surface area contributed by atoms with Crippen LogP contribution in [0.25, 0.3) is 0 Å². The summed E-state index contributed by atoms with van der Waals surface area (Å²) in [5.74, 6) is -1.69. The molecular formula is C3H2ClNaO2. The van der Waals surface area contributed by atoms with Gasteiger partial charge in [0.15, 0.2) is 0 Å². The summed E-state index contributed by atoms with van der Waals surface area (Å²) < 4.78 is 12.6. The summed E-state index contributed by atoms with van der Waals surface area (Å²) >= 11 is 4.79. The van der Waals surface area contributed by atoms with Gasteiger partial charge in [-0.3, -0.25) is 0 Å². The minimum atomic E-state index is -1.69. The second kappa shape index (κ2) is 4.65. The molecule has 0 fully saturated rings. The molecule has 0 aromatic carbocycles. The first-order valence-corrected chi connectivity index (χ1v) is 1.48. The predicted octanol–water partition coefficient (Wildman–Crippen LogP) is -3.51. The van der Waals surface area contributed by atoms with Crippen LogP contribution in [0.4, 0.5) is 0 Å². The Morgan fingerprint density at radius 1 is 2.00 bits per heavy atom. The quantitative estimate of drug-likeness (QED) is 0.273. The number of aliphatic carboxylic acids is 1. The molecule has 34 valence electrons. The maximum Gasteiger partial charge on any atom is 1.00 e. The predicted molar refractivity (Wildman–Crippen MR) is 20.0 cm³/mol. The third-order valence-electron chi connectivity index (χ3n) is 0.179. The fourth-order valence-electron chi connectivity index (χ4n) is 0. The van der Waals surface area contributed by atoms with E-state index in [0.717, 1.165) is 0 Å². The van der Waals surface area contributed by atoms with Gasteiger partial charge in [0, 0.05) is 0 Å². The van der Waals surface area contributed by atoms with Gasteiger partial charge in [-0.05, 0) is 0 Å². The summed E-state index contributed by atoms with van der Waals surface area (Å²) in [6, 6.07) is 0. The third-order valence-corrected chi connectivity index (χ3v) is 0.334. The van der Waals surface area contributed by atoms with Crippen LogP contribution in [0.1, 0.15) is 2.74 Å². The third kappa shape index (κ3) is 6.50. The average molecular weight is 131 g/mol. The first-order valence-electron chi connectivity index (χ1n) is 2.10. The van der Waals surface area contributed by atoms with Gasteiger partial charge in [0.2, 0.25) is 0 Å². The van der Waals surface area contributed by atoms with Crippen LogP contribution in [0.3, 0.4) is 0 Å². The fraction of sp³-hybridized carbons (Fsp3) is 0. The van der Waals surface area contributed by atoms with E-state index in [0.29, 0.717) is 0 Å². The molecule has 0 bridgehead atoms. The Morgan fingerprint density at radius 2 is 2.43 bits per heavy atom. The SMILES string of the molecule is [2H]C([2H])=C(Cl)C(=O)[O-].[Na+]. The number of carbonyl (C=O) groups is 1. The van der Waals surface area contributed by atoms with Crippen LogP contribution in [0.2, 0.25) is 0 Å². The Bertz CT molecular complexity index is 143. The standard InChI is InChI=1S/C3H3ClO2.Na/c1-2(4)3(5)6;/h1H2,(H,5,6);/q;+1/p-1/i1D2;. The second-order valence-corrected chi connectivity index (χ2v) is 0.979. The van der Waals surface area contributed by atoms with Crippen molar-refractivity contribution in [3.8, 4) is 0 Å². The molecule has 0 spiro atoms. The molecule has 0 aliphatic heterocycles. The molecule has 0 aliphatic carbocycles. The average Bonchev–Trinajstić information content (AvgIpc) is 1.64. The van der Waals surface area contributed by atoms with Crippen molar-refractivity contribution >= 4 is 17.6 Å². The van der Waals surface area contributed by atoms with E-state index < -0.39 is 17.5 Å². The number of carbonyl (C=O) groups excluding carboxylic acids is 1. The summed E-state index contributed by atoms with van der Waals surface area (Å²) in [4.78, 5) is 9.60. The number of halogens is 1. The van der Waals surface area contributed by atoms with Gasteiger partial charge in [0.25, 0.3) is 0 Å². The zero-order valence-corrected chi connectivity index (χ0v) is 6.45. The van der Waals surface area contributed by atoms with E-state index in [1.807, 2.05) is 0 Å². The van der Waals surface area contributed by atoms with E-state index in [1.54, 1.807) is 0 Å². The van der Waals surface area contributed by atoms with Crippen LogP contribution in [0.15, 0.2) is 11.6 Å². The Labute approximate surface area is 71.3 Å². The van der Waals surface area contributed by atoms with Gasteiger partial charge < -0.3 is 9.90 Å². The van der Waals surface area contributed by atoms with Gasteiger partial charge in [0.1, 0.15) is 0 Å². The molecule has 0 aromatic heterocycles. The van der Waals surface area contributed by atoms with E-state index in [2.05, 4.69) is 0 Å². The smallest absolute Gasteiger partial charge is 0.544 e. The van der Waals surface area contributed by atoms with Gasteiger partial charge in [-0.25, -0.2) is 0 Å². The van der Waals surface area contributed by atoms with Crippen molar-refractivity contribution in [1.82, 2.24) is 0 Å². The Kier molecular flexibility index (Phi) is 3.75. The maximum absolute atomic E-state index is 9.60. The molecule has 0 saturated carbocycles. The van der Waals surface area contributed by atoms with Crippen molar-refractivity contribution in [2.24, 2.45) is 0 Å². The second-order valence-electron chi connectivity index (χ2n) is 0.601. The van der Waals surface area contributed by atoms with Gasteiger partial charge in [0.05, 0.1) is 13.7 Å². The largest absolute Gasteiger partial charge is 1.00 e. The van der Waals surface area contributed by atoms with Crippen molar-refractivity contribution in [3.05, 3.63) is 11.6 Å². The number of carboxylic acid groups (broad SMARTS) is 1. The molecule has 0 heterocycles. The van der Waals surface area contributed by atoms with Crippen molar-refractivity contribution in [3.63, 3.8) is 0 Å². The zero-order valence-electron chi connectivity index (χ0n) is 5.69. The van der Waals surface area contributed by atoms with Crippen LogP contribution in [-0.4, -0.2) is 5.97 Å². The molecule has 4 heteroatoms. The summed E-state index contributed by atoms with van der Waals surface area (Å²) in [6.45, 7) is -0.938. The molecule has 0 N–H and O–H groups in total. The monoisotopic (exact) mass is 130 g/mol. The van der Waals surface area contributed by atoms with E-state index in [4.69, 9.17) is 14.3 Å². The summed E-state index contributed by atoms with van der Waals surface area (Å²) in [6.07, 6.45) is 0. The van der Waals surface area contributed by atoms with E-state index in [-0.39, 0.29) is 29.6 Å². The maximum atomic E-state index is 9.60. The van der Waals surface area contributed by atoms with Crippen LogP contribution >= 0.6 is 11.6 Å². The zero-order chi connectivity index (χ0) is 6.73. The minimum absolute atomic E-state index is 0. The normalized spacial score (nSPS) is 9.86. The van der Waals surface area contributed by atoms with Crippen molar-refractivity contribution in [2.75, 3.05) is 0 Å². The van der Waals surface area contributed by atoms with Gasteiger partial charge in [-0.1, -0.05) is 18.1 Å². The molecule has 0 saturated heterocycles. The molecule has 2 nitrogen and oxygen atoms in total. The molecule has 0 aromatic rings. The Morgan fingerprint density at radius 3 is 2.43 bits per heavy atom. The fourth-order valence-corrected chi connectivity index (χ4v) is 0. The molecular weight excluding hydrogens is 126 g/mol. The van der Waals surface area contributed by atoms with Crippen LogP contribution in [0.5, 0.6) is 0 Å². The van der Waals surface area contributed by atoms with Crippen LogP contribution in [-0.2, 0) is 4.79 Å². The van der Waals surface area contributed by atoms with Crippen LogP contribution < -0.4 is 34.7 Å². The van der Waals surface area contributed by atoms with Crippen LogP contribution in [0, 0.1) is 0 Å². The van der Waals surface area contributed by atoms with Gasteiger partial charge >= 0.3 is 29.6 Å². The van der Waals surface area contributed by atoms with Gasteiger partial charge in [-0.15, -0.1) is 0 Å². The van der Waals surface area contributed by atoms with Crippen molar-refractivity contribution < 1.29 is 42.2 Å². The number of hydrogen-bond acceptors (Lipinski definition) is 2. The summed E-state index contributed by atoms with van der Waals surface area (Å²) in [5, 5.41) is 8.73. The molecule has 0 unspecified atom stereocenters. The molecule has 0 radical (unpaired) electrons. The van der Waals surface area contributed by atoms with Gasteiger partial charge in [-0.2, -0.15) is 0 Å². The summed E-state index contributed by atoms with van der Waals surface area (Å²) in [5.41, 5.74) is 0. The first-order chi connectivity index (χ1) is 3.55. The Balaban J connectivity index is 0.